The molecular formula is C24H30N2O6S2. The summed E-state index contributed by atoms with van der Waals surface area (Å²) in [4.78, 5) is 31.2. The molecule has 3 heterocycles. The zero-order chi connectivity index (χ0) is 24.2. The molecule has 0 spiro atoms. The number of hydrogen-bond acceptors (Lipinski definition) is 7. The van der Waals surface area contributed by atoms with Crippen LogP contribution in [0.4, 0.5) is 5.69 Å². The number of amides is 2. The van der Waals surface area contributed by atoms with Crippen molar-refractivity contribution in [1.82, 2.24) is 5.48 Å². The van der Waals surface area contributed by atoms with Gasteiger partial charge >= 0.3 is 0 Å². The summed E-state index contributed by atoms with van der Waals surface area (Å²) in [5.74, 6) is -0.580. The molecule has 2 aromatic rings. The second-order valence-corrected chi connectivity index (χ2v) is 12.3. The molecule has 0 saturated carbocycles. The van der Waals surface area contributed by atoms with Gasteiger partial charge in [-0.05, 0) is 55.5 Å². The van der Waals surface area contributed by atoms with Crippen LogP contribution in [-0.4, -0.2) is 38.9 Å². The number of carbonyl (C=O) groups is 2. The highest BCUT2D eigenvalue weighted by atomic mass is 32.2. The van der Waals surface area contributed by atoms with Gasteiger partial charge in [-0.2, -0.15) is 0 Å². The molecule has 8 nitrogen and oxygen atoms in total. The maximum Gasteiger partial charge on any atom is 0.245 e. The summed E-state index contributed by atoms with van der Waals surface area (Å²) in [6, 6.07) is 11.1. The van der Waals surface area contributed by atoms with Gasteiger partial charge in [0.1, 0.15) is 4.75 Å². The molecule has 1 aromatic carbocycles. The van der Waals surface area contributed by atoms with Crippen LogP contribution in [-0.2, 0) is 33.7 Å². The monoisotopic (exact) mass is 506 g/mol. The van der Waals surface area contributed by atoms with E-state index in [1.807, 2.05) is 30.3 Å². The summed E-state index contributed by atoms with van der Waals surface area (Å²) in [6.45, 7) is 2.03. The van der Waals surface area contributed by atoms with Crippen molar-refractivity contribution in [3.8, 4) is 10.4 Å². The molecule has 34 heavy (non-hydrogen) atoms. The van der Waals surface area contributed by atoms with Gasteiger partial charge in [-0.1, -0.05) is 18.6 Å². The first-order chi connectivity index (χ1) is 16.3. The molecule has 184 valence electrons. The second kappa shape index (κ2) is 10.6. The molecule has 1 unspecified atom stereocenters. The zero-order valence-electron chi connectivity index (χ0n) is 19.2. The minimum atomic E-state index is -3.56. The zero-order valence-corrected chi connectivity index (χ0v) is 20.8. The van der Waals surface area contributed by atoms with Crippen molar-refractivity contribution < 1.29 is 27.6 Å². The van der Waals surface area contributed by atoms with E-state index in [1.54, 1.807) is 6.07 Å². The smallest absolute Gasteiger partial charge is 0.245 e. The Bertz CT molecular complexity index is 1140. The lowest BCUT2D eigenvalue weighted by atomic mass is 9.94. The number of thiophene rings is 1. The van der Waals surface area contributed by atoms with Crippen LogP contribution in [0.15, 0.2) is 36.4 Å². The van der Waals surface area contributed by atoms with Crippen molar-refractivity contribution in [1.29, 1.82) is 0 Å². The number of hydrogen-bond donors (Lipinski definition) is 2. The lowest BCUT2D eigenvalue weighted by Gasteiger charge is -2.35. The van der Waals surface area contributed by atoms with Crippen molar-refractivity contribution in [2.75, 3.05) is 17.7 Å². The van der Waals surface area contributed by atoms with E-state index in [2.05, 4.69) is 10.8 Å². The summed E-state index contributed by atoms with van der Waals surface area (Å²) >= 11 is 1.37. The van der Waals surface area contributed by atoms with Gasteiger partial charge in [0.25, 0.3) is 0 Å². The summed E-state index contributed by atoms with van der Waals surface area (Å²) in [5, 5.41) is 2.77. The SMILES string of the molecule is CC(=O)Nc1cccc(-c2ccc([C@@]3(CC(=O)NOC4CCCCO4)CCCCS3(=O)=O)s2)c1. The Morgan fingerprint density at radius 2 is 2.03 bits per heavy atom. The van der Waals surface area contributed by atoms with E-state index in [4.69, 9.17) is 9.57 Å². The molecule has 10 heteroatoms. The van der Waals surface area contributed by atoms with Crippen LogP contribution in [0.2, 0.25) is 0 Å². The molecule has 2 fully saturated rings. The maximum atomic E-state index is 13.4. The van der Waals surface area contributed by atoms with E-state index in [-0.39, 0.29) is 18.1 Å². The lowest BCUT2D eigenvalue weighted by molar-refractivity contribution is -0.200. The number of sulfone groups is 1. The molecule has 1 aromatic heterocycles. The van der Waals surface area contributed by atoms with Crippen molar-refractivity contribution >= 4 is 38.7 Å². The summed E-state index contributed by atoms with van der Waals surface area (Å²) in [5.41, 5.74) is 3.97. The first-order valence-corrected chi connectivity index (χ1v) is 14.0. The van der Waals surface area contributed by atoms with Crippen molar-refractivity contribution in [2.45, 2.75) is 62.9 Å². The minimum Gasteiger partial charge on any atom is -0.350 e. The fraction of sp³-hybridized carbons (Fsp3) is 0.500. The van der Waals surface area contributed by atoms with E-state index < -0.39 is 26.8 Å². The highest BCUT2D eigenvalue weighted by Crippen LogP contribution is 2.47. The molecule has 4 rings (SSSR count). The first kappa shape index (κ1) is 24.8. The van der Waals surface area contributed by atoms with Gasteiger partial charge < -0.3 is 10.1 Å². The third-order valence-corrected chi connectivity index (χ3v) is 10.3. The van der Waals surface area contributed by atoms with Crippen LogP contribution in [0, 0.1) is 0 Å². The van der Waals surface area contributed by atoms with Gasteiger partial charge in [0, 0.05) is 35.4 Å². The Morgan fingerprint density at radius 3 is 2.76 bits per heavy atom. The molecular weight excluding hydrogens is 476 g/mol. The Labute approximate surface area is 203 Å². The number of hydroxylamine groups is 1. The molecule has 0 aliphatic carbocycles. The fourth-order valence-corrected chi connectivity index (χ4v) is 8.31. The number of carbonyl (C=O) groups excluding carboxylic acids is 2. The number of anilines is 1. The van der Waals surface area contributed by atoms with E-state index >= 15 is 0 Å². The van der Waals surface area contributed by atoms with Crippen LogP contribution in [0.25, 0.3) is 10.4 Å². The van der Waals surface area contributed by atoms with E-state index in [1.165, 1.54) is 18.3 Å². The van der Waals surface area contributed by atoms with Crippen LogP contribution in [0.5, 0.6) is 0 Å². The molecule has 2 aliphatic rings. The molecule has 2 atom stereocenters. The number of rotatable bonds is 7. The summed E-state index contributed by atoms with van der Waals surface area (Å²) < 4.78 is 30.9. The van der Waals surface area contributed by atoms with E-state index in [9.17, 15) is 18.0 Å². The summed E-state index contributed by atoms with van der Waals surface area (Å²) in [6.07, 6.45) is 3.61. The molecule has 2 amide bonds. The predicted molar refractivity (Wildman–Crippen MR) is 131 cm³/mol. The lowest BCUT2D eigenvalue weighted by Crippen LogP contribution is -2.45. The number of ether oxygens (including phenoxy) is 1. The Hall–Kier alpha value is -2.27. The quantitative estimate of drug-likeness (QED) is 0.546. The standard InChI is InChI=1S/C24H30N2O6S2/c1-17(27)25-19-8-6-7-18(15-19)20-10-11-21(33-20)24(12-3-5-14-34(24,29)30)16-22(28)26-32-23-9-2-4-13-31-23/h6-8,10-11,15,23H,2-5,9,12-14,16H2,1H3,(H,25,27)(H,26,28)/t23?,24-/m0/s1. The average Bonchev–Trinajstić information content (AvgIpc) is 3.30. The fourth-order valence-electron chi connectivity index (χ4n) is 4.54. The highest BCUT2D eigenvalue weighted by Gasteiger charge is 2.49. The topological polar surface area (TPSA) is 111 Å². The second-order valence-electron chi connectivity index (χ2n) is 8.81. The third-order valence-electron chi connectivity index (χ3n) is 6.25. The third kappa shape index (κ3) is 5.51. The van der Waals surface area contributed by atoms with Crippen molar-refractivity contribution in [2.24, 2.45) is 0 Å². The van der Waals surface area contributed by atoms with E-state index in [0.717, 1.165) is 29.7 Å². The van der Waals surface area contributed by atoms with Gasteiger partial charge in [-0.25, -0.2) is 18.7 Å². The summed E-state index contributed by atoms with van der Waals surface area (Å²) in [7, 11) is -3.56. The van der Waals surface area contributed by atoms with Crippen molar-refractivity contribution in [3.63, 3.8) is 0 Å². The van der Waals surface area contributed by atoms with E-state index in [0.29, 0.717) is 36.4 Å². The van der Waals surface area contributed by atoms with Crippen LogP contribution in [0.3, 0.4) is 0 Å². The molecule has 2 saturated heterocycles. The van der Waals surface area contributed by atoms with Gasteiger partial charge in [0.2, 0.25) is 11.8 Å². The van der Waals surface area contributed by atoms with Crippen LogP contribution in [0.1, 0.15) is 56.7 Å². The van der Waals surface area contributed by atoms with Gasteiger partial charge in [-0.3, -0.25) is 9.59 Å². The normalized spacial score (nSPS) is 24.3. The molecule has 0 radical (unpaired) electrons. The Morgan fingerprint density at radius 1 is 1.18 bits per heavy atom. The predicted octanol–water partition coefficient (Wildman–Crippen LogP) is 4.13. The van der Waals surface area contributed by atoms with Crippen LogP contribution >= 0.6 is 11.3 Å². The highest BCUT2D eigenvalue weighted by molar-refractivity contribution is 7.92. The number of benzene rings is 1. The number of nitrogens with one attached hydrogen (secondary N) is 2. The van der Waals surface area contributed by atoms with Crippen molar-refractivity contribution in [3.05, 3.63) is 41.3 Å². The maximum absolute atomic E-state index is 13.4. The first-order valence-electron chi connectivity index (χ1n) is 11.6. The molecule has 0 bridgehead atoms. The Kier molecular flexibility index (Phi) is 7.71. The average molecular weight is 507 g/mol. The van der Waals surface area contributed by atoms with Gasteiger partial charge in [-0.15, -0.1) is 11.3 Å². The Balaban J connectivity index is 1.58. The minimum absolute atomic E-state index is 0.0537. The molecule has 2 N–H and O–H groups in total. The van der Waals surface area contributed by atoms with Gasteiger partial charge in [0.05, 0.1) is 12.2 Å². The molecule has 2 aliphatic heterocycles. The van der Waals surface area contributed by atoms with Crippen LogP contribution < -0.4 is 10.8 Å². The van der Waals surface area contributed by atoms with Gasteiger partial charge in [0.15, 0.2) is 16.1 Å². The largest absolute Gasteiger partial charge is 0.350 e.